The largest absolute Gasteiger partial charge is 0.481 e. The molecule has 0 radical (unpaired) electrons. The van der Waals surface area contributed by atoms with E-state index in [2.05, 4.69) is 4.85 Å². The van der Waals surface area contributed by atoms with Crippen LogP contribution in [0.3, 0.4) is 0 Å². The van der Waals surface area contributed by atoms with Gasteiger partial charge in [0.1, 0.15) is 0 Å². The number of carboxylic acids is 1. The summed E-state index contributed by atoms with van der Waals surface area (Å²) in [6.45, 7) is 8.66. The number of rotatable bonds is 11. The molecule has 1 saturated heterocycles. The van der Waals surface area contributed by atoms with Crippen LogP contribution in [-0.4, -0.2) is 34.1 Å². The molecule has 114 valence electrons. The van der Waals surface area contributed by atoms with E-state index in [-0.39, 0.29) is 12.5 Å². The van der Waals surface area contributed by atoms with Gasteiger partial charge in [0.25, 0.3) is 0 Å². The second-order valence-electron chi connectivity index (χ2n) is 5.68. The summed E-state index contributed by atoms with van der Waals surface area (Å²) in [4.78, 5) is 13.7. The molecule has 1 aliphatic heterocycles. The quantitative estimate of drug-likeness (QED) is 0.347. The summed E-state index contributed by atoms with van der Waals surface area (Å²) in [6, 6.07) is 0. The molecule has 0 aromatic rings. The zero-order valence-corrected chi connectivity index (χ0v) is 12.2. The van der Waals surface area contributed by atoms with E-state index < -0.39 is 17.8 Å². The molecule has 0 aromatic carbocycles. The van der Waals surface area contributed by atoms with Crippen molar-refractivity contribution in [1.82, 2.24) is 0 Å². The van der Waals surface area contributed by atoms with Crippen LogP contribution < -0.4 is 0 Å². The maximum Gasteiger partial charge on any atom is 0.363 e. The van der Waals surface area contributed by atoms with E-state index in [1.165, 1.54) is 0 Å². The third-order valence-corrected chi connectivity index (χ3v) is 3.80. The van der Waals surface area contributed by atoms with Crippen LogP contribution >= 0.6 is 0 Å². The second kappa shape index (κ2) is 8.23. The lowest BCUT2D eigenvalue weighted by Crippen LogP contribution is -2.20. The molecule has 1 fully saturated rings. The molecule has 0 bridgehead atoms. The number of ether oxygens (including phenoxy) is 1. The Labute approximate surface area is 120 Å². The smallest absolute Gasteiger partial charge is 0.363 e. The van der Waals surface area contributed by atoms with E-state index in [9.17, 15) is 9.90 Å². The molecule has 3 atom stereocenters. The minimum atomic E-state index is -0.788. The Bertz CT molecular complexity index is 352. The average molecular weight is 283 g/mol. The lowest BCUT2D eigenvalue weighted by Gasteiger charge is -2.06. The molecule has 1 rings (SSSR count). The van der Waals surface area contributed by atoms with Gasteiger partial charge in [-0.15, -0.1) is 0 Å². The highest BCUT2D eigenvalue weighted by molar-refractivity contribution is 5.66. The fourth-order valence-corrected chi connectivity index (χ4v) is 2.41. The van der Waals surface area contributed by atoms with Crippen molar-refractivity contribution in [1.29, 1.82) is 0 Å². The summed E-state index contributed by atoms with van der Waals surface area (Å²) in [5, 5.41) is 18.3. The van der Waals surface area contributed by atoms with Crippen molar-refractivity contribution in [2.45, 2.75) is 82.6 Å². The molecule has 5 heteroatoms. The first-order chi connectivity index (χ1) is 9.49. The van der Waals surface area contributed by atoms with E-state index in [4.69, 9.17) is 16.4 Å². The van der Waals surface area contributed by atoms with Crippen molar-refractivity contribution in [3.63, 3.8) is 0 Å². The van der Waals surface area contributed by atoms with E-state index in [0.717, 1.165) is 44.9 Å². The van der Waals surface area contributed by atoms with Gasteiger partial charge in [0.2, 0.25) is 0 Å². The monoisotopic (exact) mass is 283 g/mol. The molecular weight excluding hydrogens is 258 g/mol. The zero-order valence-electron chi connectivity index (χ0n) is 12.2. The molecule has 1 aliphatic rings. The van der Waals surface area contributed by atoms with Gasteiger partial charge in [0.05, 0.1) is 6.10 Å². The van der Waals surface area contributed by atoms with Crippen molar-refractivity contribution in [2.24, 2.45) is 0 Å². The molecule has 0 saturated carbocycles. The topological polar surface area (TPSA) is 74.4 Å². The molecule has 20 heavy (non-hydrogen) atoms. The lowest BCUT2D eigenvalue weighted by molar-refractivity contribution is -0.137. The Kier molecular flexibility index (Phi) is 6.97. The van der Waals surface area contributed by atoms with Crippen LogP contribution in [0.4, 0.5) is 0 Å². The van der Waals surface area contributed by atoms with Crippen molar-refractivity contribution in [3.8, 4) is 0 Å². The summed E-state index contributed by atoms with van der Waals surface area (Å²) < 4.78 is 5.21. The zero-order chi connectivity index (χ0) is 15.0. The molecule has 0 aliphatic carbocycles. The van der Waals surface area contributed by atoms with E-state index in [1.807, 2.05) is 0 Å². The number of aliphatic carboxylic acids is 1. The van der Waals surface area contributed by atoms with Gasteiger partial charge in [0, 0.05) is 13.3 Å². The van der Waals surface area contributed by atoms with E-state index >= 15 is 0 Å². The number of aliphatic hydroxyl groups excluding tert-OH is 1. The third kappa shape index (κ3) is 5.89. The van der Waals surface area contributed by atoms with E-state index in [1.54, 1.807) is 6.92 Å². The van der Waals surface area contributed by atoms with Crippen LogP contribution in [-0.2, 0) is 9.53 Å². The molecule has 0 amide bonds. The van der Waals surface area contributed by atoms with Gasteiger partial charge in [-0.05, 0) is 12.8 Å². The molecule has 0 spiro atoms. The number of hydrogen-bond donors (Lipinski definition) is 2. The van der Waals surface area contributed by atoms with Crippen molar-refractivity contribution < 1.29 is 19.7 Å². The molecule has 1 heterocycles. The highest BCUT2D eigenvalue weighted by Gasteiger charge is 2.64. The van der Waals surface area contributed by atoms with Gasteiger partial charge in [-0.1, -0.05) is 38.5 Å². The fraction of sp³-hybridized carbons (Fsp3) is 0.867. The number of hydrogen-bond acceptors (Lipinski definition) is 3. The third-order valence-electron chi connectivity index (χ3n) is 3.80. The van der Waals surface area contributed by atoms with Gasteiger partial charge >= 0.3 is 11.7 Å². The first-order valence-electron chi connectivity index (χ1n) is 7.46. The minimum absolute atomic E-state index is 0.271. The van der Waals surface area contributed by atoms with Crippen LogP contribution in [0, 0.1) is 6.57 Å². The first kappa shape index (κ1) is 16.9. The van der Waals surface area contributed by atoms with Gasteiger partial charge < -0.3 is 10.2 Å². The minimum Gasteiger partial charge on any atom is -0.481 e. The molecule has 3 unspecified atom stereocenters. The first-order valence-corrected chi connectivity index (χ1v) is 7.46. The number of nitrogens with zero attached hydrogens (tertiary/aromatic N) is 1. The van der Waals surface area contributed by atoms with Crippen LogP contribution in [0.25, 0.3) is 4.85 Å². The molecule has 0 aromatic heterocycles. The highest BCUT2D eigenvalue weighted by Crippen LogP contribution is 2.40. The SMILES string of the molecule is [C-]#[N+]C1(C)OC1C(O)CCCCCCCCCC(=O)O. The van der Waals surface area contributed by atoms with Gasteiger partial charge in [-0.3, -0.25) is 14.4 Å². The van der Waals surface area contributed by atoms with Gasteiger partial charge in [-0.25, -0.2) is 6.57 Å². The number of epoxide rings is 1. The summed E-state index contributed by atoms with van der Waals surface area (Å²) >= 11 is 0. The normalized spacial score (nSPS) is 25.9. The number of aliphatic hydroxyl groups is 1. The van der Waals surface area contributed by atoms with Crippen LogP contribution in [0.5, 0.6) is 0 Å². The Morgan fingerprint density at radius 3 is 2.30 bits per heavy atom. The van der Waals surface area contributed by atoms with Crippen LogP contribution in [0.1, 0.15) is 64.7 Å². The predicted molar refractivity (Wildman–Crippen MR) is 75.1 cm³/mol. The summed E-state index contributed by atoms with van der Waals surface area (Å²) in [5.41, 5.74) is -0.788. The average Bonchev–Trinajstić information content (AvgIpc) is 3.09. The predicted octanol–water partition coefficient (Wildman–Crippen LogP) is 2.98. The second-order valence-corrected chi connectivity index (χ2v) is 5.68. The lowest BCUT2D eigenvalue weighted by atomic mass is 10.0. The summed E-state index contributed by atoms with van der Waals surface area (Å²) in [6.07, 6.45) is 7.21. The standard InChI is InChI=1S/C15H25NO4/c1-15(16-2)14(20-15)12(17)10-8-6-4-3-5-7-9-11-13(18)19/h12,14,17H,3-11H2,1H3,(H,18,19). The fourth-order valence-electron chi connectivity index (χ4n) is 2.41. The Hall–Kier alpha value is -1.12. The molecule has 5 nitrogen and oxygen atoms in total. The van der Waals surface area contributed by atoms with Crippen molar-refractivity contribution in [2.75, 3.05) is 0 Å². The van der Waals surface area contributed by atoms with Crippen LogP contribution in [0.2, 0.25) is 0 Å². The summed E-state index contributed by atoms with van der Waals surface area (Å²) in [7, 11) is 0. The maximum atomic E-state index is 10.3. The van der Waals surface area contributed by atoms with Gasteiger partial charge in [-0.2, -0.15) is 0 Å². The highest BCUT2D eigenvalue weighted by atomic mass is 16.6. The molecular formula is C15H25NO4. The number of carboxylic acid groups (broad SMARTS) is 1. The Morgan fingerprint density at radius 2 is 1.80 bits per heavy atom. The van der Waals surface area contributed by atoms with E-state index in [0.29, 0.717) is 6.42 Å². The van der Waals surface area contributed by atoms with Crippen molar-refractivity contribution in [3.05, 3.63) is 11.4 Å². The summed E-state index contributed by atoms with van der Waals surface area (Å²) in [5.74, 6) is -0.715. The Balaban J connectivity index is 1.88. The maximum absolute atomic E-state index is 10.3. The number of carbonyl (C=O) groups is 1. The van der Waals surface area contributed by atoms with Gasteiger partial charge in [0.15, 0.2) is 6.10 Å². The Morgan fingerprint density at radius 1 is 1.25 bits per heavy atom. The van der Waals surface area contributed by atoms with Crippen LogP contribution in [0.15, 0.2) is 0 Å². The van der Waals surface area contributed by atoms with Crippen molar-refractivity contribution >= 4 is 5.97 Å². The molecule has 2 N–H and O–H groups in total. The number of unbranched alkanes of at least 4 members (excludes halogenated alkanes) is 6.